The predicted octanol–water partition coefficient (Wildman–Crippen LogP) is 1.35. The molecule has 2 aliphatic rings. The van der Waals surface area contributed by atoms with Crippen LogP contribution in [0.3, 0.4) is 0 Å². The zero-order chi connectivity index (χ0) is 11.1. The number of aryl methyl sites for hydroxylation is 1. The van der Waals surface area contributed by atoms with Crippen LogP contribution in [0.5, 0.6) is 0 Å². The number of piperazine rings is 1. The Hall–Kier alpha value is -1.35. The van der Waals surface area contributed by atoms with E-state index in [0.29, 0.717) is 0 Å². The Morgan fingerprint density at radius 2 is 2.38 bits per heavy atom. The topological polar surface area (TPSA) is 32.3 Å². The lowest BCUT2D eigenvalue weighted by Gasteiger charge is -2.30. The fraction of sp³-hybridized carbons (Fsp3) is 0.462. The number of amides is 1. The van der Waals surface area contributed by atoms with Gasteiger partial charge in [-0.15, -0.1) is 0 Å². The van der Waals surface area contributed by atoms with E-state index in [1.54, 1.807) is 0 Å². The van der Waals surface area contributed by atoms with Crippen LogP contribution < -0.4 is 5.32 Å². The first kappa shape index (κ1) is 9.85. The van der Waals surface area contributed by atoms with Crippen LogP contribution in [0.15, 0.2) is 18.2 Å². The Morgan fingerprint density at radius 1 is 1.50 bits per heavy atom. The molecule has 0 bridgehead atoms. The number of nitrogens with zero attached hydrogens (tertiary/aromatic N) is 1. The van der Waals surface area contributed by atoms with Crippen molar-refractivity contribution in [3.05, 3.63) is 34.9 Å². The number of carbonyl (C=O) groups is 1. The van der Waals surface area contributed by atoms with Gasteiger partial charge in [-0.25, -0.2) is 0 Å². The van der Waals surface area contributed by atoms with Crippen molar-refractivity contribution in [3.8, 4) is 0 Å². The van der Waals surface area contributed by atoms with Crippen LogP contribution in [0.4, 0.5) is 0 Å². The first-order valence-corrected chi connectivity index (χ1v) is 5.96. The van der Waals surface area contributed by atoms with Crippen LogP contribution in [0, 0.1) is 0 Å². The third-order valence-electron chi connectivity index (χ3n) is 3.64. The summed E-state index contributed by atoms with van der Waals surface area (Å²) in [6, 6.07) is 6.51. The highest BCUT2D eigenvalue weighted by Gasteiger charge is 2.38. The SMILES string of the molecule is CCc1cccc2c1C(=O)N1CCNC[C@@H]21. The highest BCUT2D eigenvalue weighted by molar-refractivity contribution is 6.00. The third kappa shape index (κ3) is 1.21. The van der Waals surface area contributed by atoms with Gasteiger partial charge >= 0.3 is 0 Å². The van der Waals surface area contributed by atoms with E-state index in [4.69, 9.17) is 0 Å². The molecule has 0 unspecified atom stereocenters. The molecule has 3 rings (SSSR count). The predicted molar refractivity (Wildman–Crippen MR) is 62.5 cm³/mol. The van der Waals surface area contributed by atoms with Gasteiger partial charge in [0, 0.05) is 25.2 Å². The van der Waals surface area contributed by atoms with Crippen molar-refractivity contribution in [2.24, 2.45) is 0 Å². The van der Waals surface area contributed by atoms with Gasteiger partial charge < -0.3 is 10.2 Å². The van der Waals surface area contributed by atoms with E-state index in [9.17, 15) is 4.79 Å². The number of hydrogen-bond acceptors (Lipinski definition) is 2. The van der Waals surface area contributed by atoms with E-state index < -0.39 is 0 Å². The normalized spacial score (nSPS) is 23.2. The van der Waals surface area contributed by atoms with Gasteiger partial charge in [0.25, 0.3) is 5.91 Å². The molecule has 1 fully saturated rings. The molecule has 1 aromatic rings. The van der Waals surface area contributed by atoms with Crippen LogP contribution in [0.25, 0.3) is 0 Å². The van der Waals surface area contributed by atoms with Gasteiger partial charge in [-0.1, -0.05) is 25.1 Å². The second-order valence-electron chi connectivity index (χ2n) is 4.45. The molecule has 2 aliphatic heterocycles. The second-order valence-corrected chi connectivity index (χ2v) is 4.45. The average molecular weight is 216 g/mol. The van der Waals surface area contributed by atoms with Crippen molar-refractivity contribution in [3.63, 3.8) is 0 Å². The third-order valence-corrected chi connectivity index (χ3v) is 3.64. The fourth-order valence-electron chi connectivity index (χ4n) is 2.82. The maximum Gasteiger partial charge on any atom is 0.255 e. The van der Waals surface area contributed by atoms with E-state index in [0.717, 1.165) is 31.6 Å². The van der Waals surface area contributed by atoms with E-state index >= 15 is 0 Å². The number of fused-ring (bicyclic) bond motifs is 3. The van der Waals surface area contributed by atoms with Gasteiger partial charge in [0.2, 0.25) is 0 Å². The smallest absolute Gasteiger partial charge is 0.255 e. The van der Waals surface area contributed by atoms with Crippen LogP contribution >= 0.6 is 0 Å². The monoisotopic (exact) mass is 216 g/mol. The molecule has 1 saturated heterocycles. The number of nitrogens with one attached hydrogen (secondary N) is 1. The maximum absolute atomic E-state index is 12.3. The highest BCUT2D eigenvalue weighted by atomic mass is 16.2. The molecule has 0 aliphatic carbocycles. The second kappa shape index (κ2) is 3.59. The molecule has 2 heterocycles. The quantitative estimate of drug-likeness (QED) is 0.768. The molecule has 16 heavy (non-hydrogen) atoms. The minimum absolute atomic E-state index is 0.235. The molecule has 1 amide bonds. The standard InChI is InChI=1S/C13H16N2O/c1-2-9-4-3-5-10-11-8-14-6-7-15(11)13(16)12(9)10/h3-5,11,14H,2,6-8H2,1H3/t11-/m0/s1. The summed E-state index contributed by atoms with van der Waals surface area (Å²) in [7, 11) is 0. The summed E-state index contributed by atoms with van der Waals surface area (Å²) in [5.41, 5.74) is 3.38. The van der Waals surface area contributed by atoms with Crippen LogP contribution in [0.2, 0.25) is 0 Å². The first-order chi connectivity index (χ1) is 7.83. The molecule has 84 valence electrons. The molecule has 0 saturated carbocycles. The summed E-state index contributed by atoms with van der Waals surface area (Å²) in [4.78, 5) is 14.3. The summed E-state index contributed by atoms with van der Waals surface area (Å²) in [6.45, 7) is 4.75. The van der Waals surface area contributed by atoms with Gasteiger partial charge in [-0.05, 0) is 17.5 Å². The van der Waals surface area contributed by atoms with Crippen molar-refractivity contribution in [2.75, 3.05) is 19.6 Å². The minimum atomic E-state index is 0.235. The zero-order valence-electron chi connectivity index (χ0n) is 9.49. The van der Waals surface area contributed by atoms with Gasteiger partial charge in [-0.3, -0.25) is 4.79 Å². The van der Waals surface area contributed by atoms with E-state index in [-0.39, 0.29) is 11.9 Å². The van der Waals surface area contributed by atoms with Crippen LogP contribution in [-0.2, 0) is 6.42 Å². The maximum atomic E-state index is 12.3. The fourth-order valence-corrected chi connectivity index (χ4v) is 2.82. The summed E-state index contributed by atoms with van der Waals surface area (Å²) in [5, 5.41) is 3.36. The summed E-state index contributed by atoms with van der Waals surface area (Å²) < 4.78 is 0. The molecule has 1 N–H and O–H groups in total. The van der Waals surface area contributed by atoms with Crippen molar-refractivity contribution < 1.29 is 4.79 Å². The Morgan fingerprint density at radius 3 is 3.19 bits per heavy atom. The van der Waals surface area contributed by atoms with E-state index in [1.165, 1.54) is 11.1 Å². The molecule has 0 spiro atoms. The van der Waals surface area contributed by atoms with Crippen molar-refractivity contribution in [2.45, 2.75) is 19.4 Å². The lowest BCUT2D eigenvalue weighted by atomic mass is 9.98. The van der Waals surface area contributed by atoms with Crippen molar-refractivity contribution in [1.82, 2.24) is 10.2 Å². The number of hydrogen-bond donors (Lipinski definition) is 1. The van der Waals surface area contributed by atoms with Crippen molar-refractivity contribution in [1.29, 1.82) is 0 Å². The first-order valence-electron chi connectivity index (χ1n) is 5.96. The molecule has 1 aromatic carbocycles. The number of benzene rings is 1. The summed E-state index contributed by atoms with van der Waals surface area (Å²) >= 11 is 0. The zero-order valence-corrected chi connectivity index (χ0v) is 9.49. The number of carbonyl (C=O) groups excluding carboxylic acids is 1. The van der Waals surface area contributed by atoms with Gasteiger partial charge in [0.1, 0.15) is 0 Å². The van der Waals surface area contributed by atoms with Crippen molar-refractivity contribution >= 4 is 5.91 Å². The van der Waals surface area contributed by atoms with Gasteiger partial charge in [0.05, 0.1) is 6.04 Å². The Balaban J connectivity index is 2.13. The summed E-state index contributed by atoms with van der Waals surface area (Å²) in [5.74, 6) is 0.235. The molecule has 1 atom stereocenters. The molecule has 0 aromatic heterocycles. The largest absolute Gasteiger partial charge is 0.329 e. The lowest BCUT2D eigenvalue weighted by molar-refractivity contribution is 0.0690. The lowest BCUT2D eigenvalue weighted by Crippen LogP contribution is -2.44. The van der Waals surface area contributed by atoms with E-state index in [1.807, 2.05) is 4.90 Å². The van der Waals surface area contributed by atoms with Gasteiger partial charge in [0.15, 0.2) is 0 Å². The van der Waals surface area contributed by atoms with Crippen LogP contribution in [0.1, 0.15) is 34.5 Å². The average Bonchev–Trinajstić information content (AvgIpc) is 2.64. The summed E-state index contributed by atoms with van der Waals surface area (Å²) in [6.07, 6.45) is 0.933. The minimum Gasteiger partial charge on any atom is -0.329 e. The Bertz CT molecular complexity index is 442. The molecular weight excluding hydrogens is 200 g/mol. The molecule has 0 radical (unpaired) electrons. The molecular formula is C13H16N2O. The van der Waals surface area contributed by atoms with Crippen LogP contribution in [-0.4, -0.2) is 30.4 Å². The van der Waals surface area contributed by atoms with E-state index in [2.05, 4.69) is 30.4 Å². The molecule has 3 heteroatoms. The Kier molecular flexibility index (Phi) is 2.21. The highest BCUT2D eigenvalue weighted by Crippen LogP contribution is 2.36. The Labute approximate surface area is 95.4 Å². The van der Waals surface area contributed by atoms with Gasteiger partial charge in [-0.2, -0.15) is 0 Å². The number of rotatable bonds is 1. The molecule has 3 nitrogen and oxygen atoms in total.